The summed E-state index contributed by atoms with van der Waals surface area (Å²) in [6.45, 7) is 10.1. The third-order valence-electron chi connectivity index (χ3n) is 4.28. The van der Waals surface area contributed by atoms with Crippen LogP contribution in [0.25, 0.3) is 23.5 Å². The third-order valence-corrected chi connectivity index (χ3v) is 4.28. The molecule has 1 aromatic heterocycles. The van der Waals surface area contributed by atoms with Crippen LogP contribution in [-0.2, 0) is 9.59 Å². The molecule has 0 radical (unpaired) electrons. The van der Waals surface area contributed by atoms with E-state index in [1.807, 2.05) is 0 Å². The molecule has 0 N–H and O–H groups in total. The highest BCUT2D eigenvalue weighted by Crippen LogP contribution is 2.26. The van der Waals surface area contributed by atoms with Crippen molar-refractivity contribution in [2.75, 3.05) is 0 Å². The Kier molecular flexibility index (Phi) is 6.85. The van der Waals surface area contributed by atoms with Gasteiger partial charge in [-0.3, -0.25) is 0 Å². The Morgan fingerprint density at radius 2 is 1.44 bits per heavy atom. The fraction of sp³-hybridized carbons (Fsp3) is 0.0769. The van der Waals surface area contributed by atoms with Crippen molar-refractivity contribution in [1.82, 2.24) is 0 Å². The molecular formula is C26H21FO5. The number of carbonyl (C=O) groups excluding carboxylic acids is 2. The molecule has 2 aromatic carbocycles. The van der Waals surface area contributed by atoms with Crippen molar-refractivity contribution in [2.45, 2.75) is 13.8 Å². The summed E-state index contributed by atoms with van der Waals surface area (Å²) in [5.74, 6) is -0.0123. The average molecular weight is 432 g/mol. The summed E-state index contributed by atoms with van der Waals surface area (Å²) in [5, 5.41) is 0. The number of benzene rings is 2. The molecule has 0 spiro atoms. The van der Waals surface area contributed by atoms with Gasteiger partial charge in [0.2, 0.25) is 0 Å². The summed E-state index contributed by atoms with van der Waals surface area (Å²) in [6.07, 6.45) is 3.19. The monoisotopic (exact) mass is 432 g/mol. The van der Waals surface area contributed by atoms with E-state index >= 15 is 0 Å². The first-order valence-corrected chi connectivity index (χ1v) is 9.66. The van der Waals surface area contributed by atoms with Crippen LogP contribution < -0.4 is 9.47 Å². The lowest BCUT2D eigenvalue weighted by molar-refractivity contribution is -0.130. The van der Waals surface area contributed by atoms with Crippen LogP contribution in [0.1, 0.15) is 25.2 Å². The average Bonchev–Trinajstić information content (AvgIpc) is 3.22. The molecule has 0 amide bonds. The second-order valence-corrected chi connectivity index (χ2v) is 7.08. The third kappa shape index (κ3) is 5.70. The van der Waals surface area contributed by atoms with Gasteiger partial charge in [0.1, 0.15) is 28.8 Å². The Morgan fingerprint density at radius 1 is 0.844 bits per heavy atom. The van der Waals surface area contributed by atoms with Gasteiger partial charge in [0.05, 0.1) is 0 Å². The molecule has 5 nitrogen and oxygen atoms in total. The number of ether oxygens (including phenoxy) is 2. The van der Waals surface area contributed by atoms with E-state index in [2.05, 4.69) is 13.2 Å². The molecule has 162 valence electrons. The lowest BCUT2D eigenvalue weighted by atomic mass is 10.1. The highest BCUT2D eigenvalue weighted by atomic mass is 19.1. The van der Waals surface area contributed by atoms with E-state index in [9.17, 15) is 14.0 Å². The Balaban J connectivity index is 1.68. The second-order valence-electron chi connectivity index (χ2n) is 7.08. The summed E-state index contributed by atoms with van der Waals surface area (Å²) in [5.41, 5.74) is 1.64. The topological polar surface area (TPSA) is 65.7 Å². The summed E-state index contributed by atoms with van der Waals surface area (Å²) < 4.78 is 30.3. The summed E-state index contributed by atoms with van der Waals surface area (Å²) in [7, 11) is 0. The van der Waals surface area contributed by atoms with Crippen molar-refractivity contribution >= 4 is 24.1 Å². The first kappa shape index (κ1) is 22.5. The van der Waals surface area contributed by atoms with Gasteiger partial charge in [-0.25, -0.2) is 14.0 Å². The van der Waals surface area contributed by atoms with E-state index in [4.69, 9.17) is 13.9 Å². The van der Waals surface area contributed by atoms with Gasteiger partial charge >= 0.3 is 11.9 Å². The van der Waals surface area contributed by atoms with Gasteiger partial charge in [0.25, 0.3) is 0 Å². The van der Waals surface area contributed by atoms with Crippen LogP contribution in [0.5, 0.6) is 11.5 Å². The van der Waals surface area contributed by atoms with E-state index in [1.165, 1.54) is 19.1 Å². The van der Waals surface area contributed by atoms with Crippen molar-refractivity contribution in [2.24, 2.45) is 0 Å². The molecule has 0 atom stereocenters. The van der Waals surface area contributed by atoms with Crippen molar-refractivity contribution < 1.29 is 27.9 Å². The number of furan rings is 1. The number of halogens is 1. The molecule has 0 aliphatic heterocycles. The number of esters is 2. The van der Waals surface area contributed by atoms with Gasteiger partial charge in [0, 0.05) is 28.3 Å². The van der Waals surface area contributed by atoms with E-state index < -0.39 is 17.8 Å². The smallest absolute Gasteiger partial charge is 0.338 e. The van der Waals surface area contributed by atoms with E-state index in [0.717, 1.165) is 11.6 Å². The van der Waals surface area contributed by atoms with Crippen LogP contribution in [0.3, 0.4) is 0 Å². The molecule has 1 heterocycles. The van der Waals surface area contributed by atoms with Crippen molar-refractivity contribution in [1.29, 1.82) is 0 Å². The Labute approximate surface area is 185 Å². The Hall–Kier alpha value is -4.19. The largest absolute Gasteiger partial charge is 0.457 e. The van der Waals surface area contributed by atoms with Gasteiger partial charge in [-0.05, 0) is 74.5 Å². The maximum Gasteiger partial charge on any atom is 0.338 e. The zero-order valence-corrected chi connectivity index (χ0v) is 17.7. The quantitative estimate of drug-likeness (QED) is 0.252. The van der Waals surface area contributed by atoms with E-state index in [1.54, 1.807) is 55.5 Å². The number of rotatable bonds is 7. The first-order chi connectivity index (χ1) is 15.2. The molecule has 6 heteroatoms. The van der Waals surface area contributed by atoms with Gasteiger partial charge < -0.3 is 13.9 Å². The van der Waals surface area contributed by atoms with Crippen molar-refractivity contribution in [3.05, 3.63) is 96.0 Å². The summed E-state index contributed by atoms with van der Waals surface area (Å²) >= 11 is 0. The van der Waals surface area contributed by atoms with Crippen LogP contribution in [0.2, 0.25) is 0 Å². The standard InChI is InChI=1S/C26H21FO5/c1-16(2)25(28)31-21-10-7-19(8-11-21)24-14-13-20(30-24)9-5-18-6-12-22(15-23(18)27)32-26(29)17(3)4/h5-15H,1,3H2,2,4H3. The van der Waals surface area contributed by atoms with Gasteiger partial charge in [-0.1, -0.05) is 13.2 Å². The fourth-order valence-electron chi connectivity index (χ4n) is 2.55. The zero-order valence-electron chi connectivity index (χ0n) is 17.7. The minimum Gasteiger partial charge on any atom is -0.457 e. The predicted molar refractivity (Wildman–Crippen MR) is 120 cm³/mol. The van der Waals surface area contributed by atoms with E-state index in [0.29, 0.717) is 28.4 Å². The number of carbonyl (C=O) groups is 2. The summed E-state index contributed by atoms with van der Waals surface area (Å²) in [6, 6.07) is 14.5. The molecule has 32 heavy (non-hydrogen) atoms. The molecule has 0 aliphatic carbocycles. The highest BCUT2D eigenvalue weighted by molar-refractivity contribution is 5.89. The molecule has 0 saturated carbocycles. The van der Waals surface area contributed by atoms with Crippen LogP contribution in [0.15, 0.2) is 83.3 Å². The minimum absolute atomic E-state index is 0.102. The predicted octanol–water partition coefficient (Wildman–Crippen LogP) is 6.22. The van der Waals surface area contributed by atoms with Crippen molar-refractivity contribution in [3.63, 3.8) is 0 Å². The zero-order chi connectivity index (χ0) is 23.3. The number of hydrogen-bond acceptors (Lipinski definition) is 5. The molecule has 0 aliphatic rings. The Morgan fingerprint density at radius 3 is 2.03 bits per heavy atom. The molecule has 0 saturated heterocycles. The highest BCUT2D eigenvalue weighted by Gasteiger charge is 2.09. The van der Waals surface area contributed by atoms with Gasteiger partial charge in [-0.15, -0.1) is 0 Å². The van der Waals surface area contributed by atoms with Gasteiger partial charge in [0.15, 0.2) is 0 Å². The molecular weight excluding hydrogens is 411 g/mol. The molecule has 0 fully saturated rings. The van der Waals surface area contributed by atoms with Crippen LogP contribution in [0.4, 0.5) is 4.39 Å². The van der Waals surface area contributed by atoms with Crippen LogP contribution in [0, 0.1) is 5.82 Å². The normalized spacial score (nSPS) is 10.7. The molecule has 3 aromatic rings. The van der Waals surface area contributed by atoms with Crippen LogP contribution in [-0.4, -0.2) is 11.9 Å². The molecule has 0 unspecified atom stereocenters. The lowest BCUT2D eigenvalue weighted by Crippen LogP contribution is -2.08. The molecule has 3 rings (SSSR count). The summed E-state index contributed by atoms with van der Waals surface area (Å²) in [4.78, 5) is 23.1. The van der Waals surface area contributed by atoms with Gasteiger partial charge in [-0.2, -0.15) is 0 Å². The fourth-order valence-corrected chi connectivity index (χ4v) is 2.55. The lowest BCUT2D eigenvalue weighted by Gasteiger charge is -2.05. The van der Waals surface area contributed by atoms with Crippen LogP contribution >= 0.6 is 0 Å². The van der Waals surface area contributed by atoms with E-state index in [-0.39, 0.29) is 11.3 Å². The molecule has 0 bridgehead atoms. The SMILES string of the molecule is C=C(C)C(=O)Oc1ccc(-c2ccc(C=Cc3ccc(OC(=O)C(=C)C)cc3F)o2)cc1. The number of hydrogen-bond donors (Lipinski definition) is 0. The van der Waals surface area contributed by atoms with Crippen molar-refractivity contribution in [3.8, 4) is 22.8 Å². The maximum absolute atomic E-state index is 14.3. The first-order valence-electron chi connectivity index (χ1n) is 9.66. The minimum atomic E-state index is -0.613. The Bertz CT molecular complexity index is 1220. The second kappa shape index (κ2) is 9.75. The maximum atomic E-state index is 14.3.